The van der Waals surface area contributed by atoms with Crippen molar-refractivity contribution in [2.75, 3.05) is 25.2 Å². The van der Waals surface area contributed by atoms with Crippen LogP contribution in [0.2, 0.25) is 0 Å². The molecule has 21 heavy (non-hydrogen) atoms. The summed E-state index contributed by atoms with van der Waals surface area (Å²) in [4.78, 5) is 8.71. The predicted octanol–water partition coefficient (Wildman–Crippen LogP) is 3.13. The molecular weight excluding hydrogens is 282 g/mol. The maximum Gasteiger partial charge on any atom is 0.185 e. The highest BCUT2D eigenvalue weighted by atomic mass is 32.1. The molecule has 2 fully saturated rings. The van der Waals surface area contributed by atoms with E-state index in [0.717, 1.165) is 31.3 Å². The zero-order valence-electron chi connectivity index (χ0n) is 13.6. The number of nitrogens with zero attached hydrogens (tertiary/aromatic N) is 2. The van der Waals surface area contributed by atoms with Crippen LogP contribution in [0.1, 0.15) is 56.5 Å². The van der Waals surface area contributed by atoms with Crippen molar-refractivity contribution in [3.8, 4) is 0 Å². The van der Waals surface area contributed by atoms with Crippen LogP contribution in [0.5, 0.6) is 0 Å². The Morgan fingerprint density at radius 3 is 2.67 bits per heavy atom. The molecule has 4 nitrogen and oxygen atoms in total. The van der Waals surface area contributed by atoms with E-state index in [1.54, 1.807) is 0 Å². The van der Waals surface area contributed by atoms with Gasteiger partial charge in [-0.3, -0.25) is 0 Å². The monoisotopic (exact) mass is 309 g/mol. The predicted molar refractivity (Wildman–Crippen MR) is 88.3 cm³/mol. The Balaban J connectivity index is 1.75. The molecule has 2 heterocycles. The SMILES string of the molecule is CN(c1nc(C2CC2)c(CNC(C)(C)C)s1)C1CCOC1. The van der Waals surface area contributed by atoms with Crippen LogP contribution in [0.3, 0.4) is 0 Å². The van der Waals surface area contributed by atoms with Crippen LogP contribution >= 0.6 is 11.3 Å². The van der Waals surface area contributed by atoms with Crippen LogP contribution < -0.4 is 10.2 Å². The lowest BCUT2D eigenvalue weighted by atomic mass is 10.1. The van der Waals surface area contributed by atoms with Crippen molar-refractivity contribution in [2.45, 2.75) is 64.1 Å². The molecule has 1 aromatic heterocycles. The molecule has 1 saturated heterocycles. The Hall–Kier alpha value is -0.650. The second-order valence-electron chi connectivity index (χ2n) is 7.31. The first-order valence-electron chi connectivity index (χ1n) is 7.99. The molecular formula is C16H27N3OS. The van der Waals surface area contributed by atoms with Crippen molar-refractivity contribution in [1.82, 2.24) is 10.3 Å². The van der Waals surface area contributed by atoms with Crippen LogP contribution in [0.15, 0.2) is 0 Å². The summed E-state index contributed by atoms with van der Waals surface area (Å²) in [5, 5.41) is 4.78. The van der Waals surface area contributed by atoms with Crippen molar-refractivity contribution >= 4 is 16.5 Å². The topological polar surface area (TPSA) is 37.4 Å². The highest BCUT2D eigenvalue weighted by Crippen LogP contribution is 2.44. The number of thiazole rings is 1. The smallest absolute Gasteiger partial charge is 0.185 e. The fourth-order valence-corrected chi connectivity index (χ4v) is 3.75. The molecule has 1 saturated carbocycles. The van der Waals surface area contributed by atoms with Crippen LogP contribution in [-0.4, -0.2) is 36.8 Å². The minimum atomic E-state index is 0.149. The van der Waals surface area contributed by atoms with Crippen LogP contribution in [0.4, 0.5) is 5.13 Å². The van der Waals surface area contributed by atoms with E-state index in [1.807, 2.05) is 11.3 Å². The van der Waals surface area contributed by atoms with E-state index in [2.05, 4.69) is 38.0 Å². The summed E-state index contributed by atoms with van der Waals surface area (Å²) >= 11 is 1.86. The number of ether oxygens (including phenoxy) is 1. The number of rotatable bonds is 5. The Kier molecular flexibility index (Phi) is 4.26. The summed E-state index contributed by atoms with van der Waals surface area (Å²) in [6.07, 6.45) is 3.73. The van der Waals surface area contributed by atoms with E-state index in [-0.39, 0.29) is 5.54 Å². The number of anilines is 1. The number of likely N-dealkylation sites (N-methyl/N-ethyl adjacent to an activating group) is 1. The summed E-state index contributed by atoms with van der Waals surface area (Å²) in [5.41, 5.74) is 1.49. The van der Waals surface area contributed by atoms with Gasteiger partial charge in [-0.15, -0.1) is 11.3 Å². The molecule has 1 unspecified atom stereocenters. The van der Waals surface area contributed by atoms with Crippen LogP contribution in [0.25, 0.3) is 0 Å². The van der Waals surface area contributed by atoms with Gasteiger partial charge >= 0.3 is 0 Å². The summed E-state index contributed by atoms with van der Waals surface area (Å²) in [7, 11) is 2.16. The van der Waals surface area contributed by atoms with Gasteiger partial charge in [-0.2, -0.15) is 0 Å². The van der Waals surface area contributed by atoms with Gasteiger partial charge in [0, 0.05) is 36.5 Å². The molecule has 5 heteroatoms. The van der Waals surface area contributed by atoms with Crippen molar-refractivity contribution in [3.63, 3.8) is 0 Å². The molecule has 1 aliphatic heterocycles. The maximum absolute atomic E-state index is 5.51. The van der Waals surface area contributed by atoms with E-state index in [4.69, 9.17) is 9.72 Å². The molecule has 0 bridgehead atoms. The quantitative estimate of drug-likeness (QED) is 0.907. The number of nitrogens with one attached hydrogen (secondary N) is 1. The molecule has 1 N–H and O–H groups in total. The molecule has 0 amide bonds. The molecule has 0 spiro atoms. The lowest BCUT2D eigenvalue weighted by Gasteiger charge is -2.22. The van der Waals surface area contributed by atoms with Crippen molar-refractivity contribution in [3.05, 3.63) is 10.6 Å². The third-order valence-corrected chi connectivity index (χ3v) is 5.38. The van der Waals surface area contributed by atoms with Gasteiger partial charge in [0.25, 0.3) is 0 Å². The zero-order valence-corrected chi connectivity index (χ0v) is 14.4. The van der Waals surface area contributed by atoms with Crippen molar-refractivity contribution < 1.29 is 4.74 Å². The van der Waals surface area contributed by atoms with Gasteiger partial charge < -0.3 is 15.0 Å². The number of hydrogen-bond acceptors (Lipinski definition) is 5. The van der Waals surface area contributed by atoms with E-state index in [1.165, 1.54) is 23.4 Å². The molecule has 1 atom stereocenters. The average Bonchev–Trinajstić information content (AvgIpc) is 2.97. The van der Waals surface area contributed by atoms with Crippen molar-refractivity contribution in [2.24, 2.45) is 0 Å². The van der Waals surface area contributed by atoms with Gasteiger partial charge in [-0.25, -0.2) is 4.98 Å². The number of aromatic nitrogens is 1. The fourth-order valence-electron chi connectivity index (χ4n) is 2.63. The molecule has 118 valence electrons. The first-order chi connectivity index (χ1) is 9.94. The third kappa shape index (κ3) is 3.76. The Morgan fingerprint density at radius 1 is 1.33 bits per heavy atom. The van der Waals surface area contributed by atoms with Crippen LogP contribution in [0, 0.1) is 0 Å². The Labute approximate surface area is 131 Å². The normalized spacial score (nSPS) is 22.8. The molecule has 0 aromatic carbocycles. The van der Waals surface area contributed by atoms with Gasteiger partial charge in [0.05, 0.1) is 18.3 Å². The lowest BCUT2D eigenvalue weighted by molar-refractivity contribution is 0.193. The Morgan fingerprint density at radius 2 is 2.10 bits per heavy atom. The lowest BCUT2D eigenvalue weighted by Crippen LogP contribution is -2.35. The first kappa shape index (κ1) is 15.3. The maximum atomic E-state index is 5.51. The summed E-state index contributed by atoms with van der Waals surface area (Å²) < 4.78 is 5.51. The second-order valence-corrected chi connectivity index (χ2v) is 8.37. The second kappa shape index (κ2) is 5.86. The molecule has 0 radical (unpaired) electrons. The average molecular weight is 309 g/mol. The molecule has 1 aromatic rings. The van der Waals surface area contributed by atoms with Gasteiger partial charge in [0.2, 0.25) is 0 Å². The highest BCUT2D eigenvalue weighted by Gasteiger charge is 2.31. The van der Waals surface area contributed by atoms with E-state index < -0.39 is 0 Å². The summed E-state index contributed by atoms with van der Waals surface area (Å²) in [6.45, 7) is 9.30. The Bertz CT molecular complexity index is 484. The van der Waals surface area contributed by atoms with E-state index in [9.17, 15) is 0 Å². The van der Waals surface area contributed by atoms with E-state index in [0.29, 0.717) is 12.0 Å². The summed E-state index contributed by atoms with van der Waals surface area (Å²) in [5.74, 6) is 0.708. The molecule has 2 aliphatic rings. The van der Waals surface area contributed by atoms with Gasteiger partial charge in [0.15, 0.2) is 5.13 Å². The molecule has 3 rings (SSSR count). The van der Waals surface area contributed by atoms with Gasteiger partial charge in [0.1, 0.15) is 0 Å². The standard InChI is InChI=1S/C16H27N3OS/c1-16(2,3)17-9-13-14(11-5-6-11)18-15(21-13)19(4)12-7-8-20-10-12/h11-12,17H,5-10H2,1-4H3. The minimum Gasteiger partial charge on any atom is -0.379 e. The van der Waals surface area contributed by atoms with Gasteiger partial charge in [-0.1, -0.05) is 0 Å². The largest absolute Gasteiger partial charge is 0.379 e. The zero-order chi connectivity index (χ0) is 15.0. The van der Waals surface area contributed by atoms with Crippen molar-refractivity contribution in [1.29, 1.82) is 0 Å². The highest BCUT2D eigenvalue weighted by molar-refractivity contribution is 7.15. The third-order valence-electron chi connectivity index (χ3n) is 4.21. The summed E-state index contributed by atoms with van der Waals surface area (Å²) in [6, 6.07) is 0.492. The van der Waals surface area contributed by atoms with Gasteiger partial charge in [-0.05, 0) is 40.0 Å². The molecule has 1 aliphatic carbocycles. The van der Waals surface area contributed by atoms with E-state index >= 15 is 0 Å². The first-order valence-corrected chi connectivity index (χ1v) is 8.81. The number of hydrogen-bond donors (Lipinski definition) is 1. The van der Waals surface area contributed by atoms with Crippen LogP contribution in [-0.2, 0) is 11.3 Å². The fraction of sp³-hybridized carbons (Fsp3) is 0.812. The minimum absolute atomic E-state index is 0.149.